The van der Waals surface area contributed by atoms with Crippen LogP contribution in [0.25, 0.3) is 0 Å². The number of carboxylic acids is 1. The maximum atomic E-state index is 12.2. The molecule has 1 amide bonds. The molecule has 0 aromatic heterocycles. The molecule has 0 aromatic carbocycles. The lowest BCUT2D eigenvalue weighted by molar-refractivity contribution is -0.143. The highest BCUT2D eigenvalue weighted by atomic mass is 32.2. The third-order valence-corrected chi connectivity index (χ3v) is 5.02. The number of nitrogens with one attached hydrogen (secondary N) is 1. The average molecular weight is 307 g/mol. The highest BCUT2D eigenvalue weighted by Gasteiger charge is 2.34. The molecule has 0 saturated carbocycles. The zero-order valence-electron chi connectivity index (χ0n) is 11.6. The maximum absolute atomic E-state index is 12.2. The lowest BCUT2D eigenvalue weighted by Crippen LogP contribution is -2.53. The number of hydrogen-bond acceptors (Lipinski definition) is 4. The number of nitrogens with two attached hydrogens (primary N) is 1. The Morgan fingerprint density at radius 2 is 1.85 bits per heavy atom. The Kier molecular flexibility index (Phi) is 5.11. The monoisotopic (exact) mass is 307 g/mol. The van der Waals surface area contributed by atoms with Crippen LogP contribution in [0.1, 0.15) is 33.1 Å². The minimum Gasteiger partial charge on any atom is -0.481 e. The number of aliphatic carboxylic acids is 1. The molecule has 0 unspecified atom stereocenters. The first-order valence-electron chi connectivity index (χ1n) is 6.34. The van der Waals surface area contributed by atoms with Crippen LogP contribution in [0.5, 0.6) is 0 Å². The number of carbonyl (C=O) groups excluding carboxylic acids is 1. The van der Waals surface area contributed by atoms with E-state index in [1.807, 2.05) is 0 Å². The Morgan fingerprint density at radius 3 is 2.25 bits per heavy atom. The fourth-order valence-electron chi connectivity index (χ4n) is 2.23. The Balaban J connectivity index is 2.67. The first kappa shape index (κ1) is 16.9. The number of piperidine rings is 1. The van der Waals surface area contributed by atoms with Crippen molar-refractivity contribution in [3.05, 3.63) is 0 Å². The molecule has 1 aliphatic heterocycles. The summed E-state index contributed by atoms with van der Waals surface area (Å²) in [4.78, 5) is 21.7. The Bertz CT molecular complexity index is 480. The van der Waals surface area contributed by atoms with E-state index in [0.717, 1.165) is 0 Å². The molecule has 20 heavy (non-hydrogen) atoms. The molecule has 116 valence electrons. The summed E-state index contributed by atoms with van der Waals surface area (Å²) in [6, 6.07) is 0. The predicted octanol–water partition coefficient (Wildman–Crippen LogP) is -0.729. The van der Waals surface area contributed by atoms with Crippen LogP contribution in [0.15, 0.2) is 0 Å². The number of carbonyl (C=O) groups is 2. The van der Waals surface area contributed by atoms with Crippen LogP contribution in [-0.2, 0) is 19.8 Å². The van der Waals surface area contributed by atoms with Gasteiger partial charge in [-0.15, -0.1) is 0 Å². The van der Waals surface area contributed by atoms with Gasteiger partial charge in [-0.25, -0.2) is 0 Å². The van der Waals surface area contributed by atoms with Gasteiger partial charge >= 0.3 is 5.97 Å². The van der Waals surface area contributed by atoms with Crippen molar-refractivity contribution in [2.75, 3.05) is 13.1 Å². The third-order valence-electron chi connectivity index (χ3n) is 3.16. The van der Waals surface area contributed by atoms with E-state index >= 15 is 0 Å². The van der Waals surface area contributed by atoms with Crippen molar-refractivity contribution < 1.29 is 23.1 Å². The molecule has 0 radical (unpaired) electrons. The first-order chi connectivity index (χ1) is 9.03. The number of nitrogens with zero attached hydrogens (tertiary/aromatic N) is 1. The van der Waals surface area contributed by atoms with E-state index in [2.05, 4.69) is 4.72 Å². The second-order valence-corrected chi connectivity index (χ2v) is 7.32. The number of primary amides is 1. The molecule has 1 fully saturated rings. The summed E-state index contributed by atoms with van der Waals surface area (Å²) in [6.45, 7) is 3.44. The fourth-order valence-corrected chi connectivity index (χ4v) is 3.82. The lowest BCUT2D eigenvalue weighted by Gasteiger charge is -2.33. The first-order valence-corrected chi connectivity index (χ1v) is 7.78. The van der Waals surface area contributed by atoms with E-state index in [-0.39, 0.29) is 32.4 Å². The summed E-state index contributed by atoms with van der Waals surface area (Å²) < 4.78 is 28.0. The van der Waals surface area contributed by atoms with Crippen molar-refractivity contribution in [1.29, 1.82) is 0 Å². The summed E-state index contributed by atoms with van der Waals surface area (Å²) in [5.41, 5.74) is 4.10. The van der Waals surface area contributed by atoms with Gasteiger partial charge in [0, 0.05) is 25.0 Å². The number of rotatable bonds is 6. The van der Waals surface area contributed by atoms with Crippen LogP contribution in [0.4, 0.5) is 0 Å². The summed E-state index contributed by atoms with van der Waals surface area (Å²) in [5, 5.41) is 8.88. The Hall–Kier alpha value is -1.19. The van der Waals surface area contributed by atoms with Gasteiger partial charge in [-0.3, -0.25) is 9.59 Å². The predicted molar refractivity (Wildman–Crippen MR) is 71.9 cm³/mol. The van der Waals surface area contributed by atoms with Crippen LogP contribution in [0.3, 0.4) is 0 Å². The minimum atomic E-state index is -3.75. The molecule has 8 nitrogen and oxygen atoms in total. The van der Waals surface area contributed by atoms with E-state index in [1.165, 1.54) is 4.31 Å². The van der Waals surface area contributed by atoms with E-state index < -0.39 is 33.5 Å². The maximum Gasteiger partial charge on any atom is 0.306 e. The van der Waals surface area contributed by atoms with Crippen molar-refractivity contribution in [2.24, 2.45) is 11.7 Å². The number of carboxylic acid groups (broad SMARTS) is 1. The molecular formula is C11H21N3O5S. The van der Waals surface area contributed by atoms with Crippen LogP contribution >= 0.6 is 0 Å². The Labute approximate surface area is 118 Å². The molecule has 4 N–H and O–H groups in total. The minimum absolute atomic E-state index is 0.113. The molecule has 1 heterocycles. The molecule has 0 spiro atoms. The quantitative estimate of drug-likeness (QED) is 0.595. The summed E-state index contributed by atoms with van der Waals surface area (Å²) in [5.74, 6) is -1.99. The topological polar surface area (TPSA) is 130 Å². The van der Waals surface area contributed by atoms with E-state index in [0.29, 0.717) is 0 Å². The molecule has 9 heteroatoms. The normalized spacial score (nSPS) is 18.9. The van der Waals surface area contributed by atoms with Gasteiger partial charge in [-0.1, -0.05) is 0 Å². The van der Waals surface area contributed by atoms with Crippen molar-refractivity contribution in [1.82, 2.24) is 9.03 Å². The highest BCUT2D eigenvalue weighted by Crippen LogP contribution is 2.20. The van der Waals surface area contributed by atoms with Crippen LogP contribution in [0.2, 0.25) is 0 Å². The summed E-state index contributed by atoms with van der Waals surface area (Å²) >= 11 is 0. The Morgan fingerprint density at radius 1 is 1.35 bits per heavy atom. The zero-order valence-corrected chi connectivity index (χ0v) is 12.4. The molecule has 1 saturated heterocycles. The molecule has 0 atom stereocenters. The molecule has 1 rings (SSSR count). The molecule has 0 aliphatic carbocycles. The van der Waals surface area contributed by atoms with E-state index in [9.17, 15) is 18.0 Å². The molecule has 1 aliphatic rings. The third kappa shape index (κ3) is 4.73. The number of amides is 1. The van der Waals surface area contributed by atoms with Crippen LogP contribution < -0.4 is 10.5 Å². The van der Waals surface area contributed by atoms with Gasteiger partial charge in [0.05, 0.1) is 5.92 Å². The molecular weight excluding hydrogens is 286 g/mol. The van der Waals surface area contributed by atoms with Gasteiger partial charge < -0.3 is 10.8 Å². The SMILES string of the molecule is CC(C)(CC(N)=O)NS(=O)(=O)N1CCC(C(=O)O)CC1. The molecule has 0 bridgehead atoms. The van der Waals surface area contributed by atoms with Gasteiger partial charge in [0.25, 0.3) is 10.2 Å². The lowest BCUT2D eigenvalue weighted by atomic mass is 9.99. The second-order valence-electron chi connectivity index (χ2n) is 5.65. The fraction of sp³-hybridized carbons (Fsp3) is 0.818. The average Bonchev–Trinajstić information content (AvgIpc) is 2.25. The van der Waals surface area contributed by atoms with Gasteiger partial charge in [-0.2, -0.15) is 17.4 Å². The standard InChI is InChI=1S/C11H21N3O5S/c1-11(2,7-9(12)15)13-20(18,19)14-5-3-8(4-6-14)10(16)17/h8,13H,3-7H2,1-2H3,(H2,12,15)(H,16,17). The largest absolute Gasteiger partial charge is 0.481 e. The van der Waals surface area contributed by atoms with Crippen molar-refractivity contribution >= 4 is 22.1 Å². The summed E-state index contributed by atoms with van der Waals surface area (Å²) in [6.07, 6.45) is 0.455. The van der Waals surface area contributed by atoms with Crippen molar-refractivity contribution in [3.63, 3.8) is 0 Å². The van der Waals surface area contributed by atoms with Gasteiger partial charge in [0.2, 0.25) is 5.91 Å². The van der Waals surface area contributed by atoms with Gasteiger partial charge in [-0.05, 0) is 26.7 Å². The van der Waals surface area contributed by atoms with E-state index in [4.69, 9.17) is 10.8 Å². The molecule has 0 aromatic rings. The summed E-state index contributed by atoms with van der Waals surface area (Å²) in [7, 11) is -3.75. The smallest absolute Gasteiger partial charge is 0.306 e. The van der Waals surface area contributed by atoms with Gasteiger partial charge in [0.1, 0.15) is 0 Å². The zero-order chi connectivity index (χ0) is 15.6. The van der Waals surface area contributed by atoms with E-state index in [1.54, 1.807) is 13.8 Å². The van der Waals surface area contributed by atoms with Crippen molar-refractivity contribution in [2.45, 2.75) is 38.6 Å². The van der Waals surface area contributed by atoms with Crippen LogP contribution in [0, 0.1) is 5.92 Å². The highest BCUT2D eigenvalue weighted by molar-refractivity contribution is 7.87. The second kappa shape index (κ2) is 6.06. The van der Waals surface area contributed by atoms with Crippen molar-refractivity contribution in [3.8, 4) is 0 Å². The van der Waals surface area contributed by atoms with Crippen LogP contribution in [-0.4, -0.2) is 48.3 Å². The number of hydrogen-bond donors (Lipinski definition) is 3. The van der Waals surface area contributed by atoms with Gasteiger partial charge in [0.15, 0.2) is 0 Å².